The zero-order valence-electron chi connectivity index (χ0n) is 13.9. The fourth-order valence-electron chi connectivity index (χ4n) is 3.01. The van der Waals surface area contributed by atoms with Gasteiger partial charge in [-0.15, -0.1) is 0 Å². The van der Waals surface area contributed by atoms with E-state index < -0.39 is 17.7 Å². The molecule has 3 rings (SSSR count). The number of rotatable bonds is 4. The zero-order chi connectivity index (χ0) is 18.7. The maximum Gasteiger partial charge on any atom is 0.416 e. The van der Waals surface area contributed by atoms with E-state index in [1.807, 2.05) is 17.0 Å². The highest BCUT2D eigenvalue weighted by Gasteiger charge is 2.30. The van der Waals surface area contributed by atoms with E-state index in [1.54, 1.807) is 12.1 Å². The number of carbonyl (C=O) groups is 1. The number of nitrogens with zero attached hydrogens (tertiary/aromatic N) is 1. The fraction of sp³-hybridized carbons (Fsp3) is 0.316. The summed E-state index contributed by atoms with van der Waals surface area (Å²) in [4.78, 5) is 13.1. The summed E-state index contributed by atoms with van der Waals surface area (Å²) < 4.78 is 43.7. The monoisotopic (exact) mass is 365 g/mol. The van der Waals surface area contributed by atoms with Crippen molar-refractivity contribution in [1.82, 2.24) is 0 Å². The summed E-state index contributed by atoms with van der Waals surface area (Å²) in [5.74, 6) is -0.278. The van der Waals surface area contributed by atoms with Crippen LogP contribution in [0.1, 0.15) is 18.4 Å². The van der Waals surface area contributed by atoms with Crippen LogP contribution >= 0.6 is 0 Å². The molecule has 0 aromatic heterocycles. The highest BCUT2D eigenvalue weighted by molar-refractivity contribution is 5.70. The number of carboxylic acids is 1. The zero-order valence-corrected chi connectivity index (χ0v) is 13.9. The van der Waals surface area contributed by atoms with Crippen LogP contribution in [0.4, 0.5) is 18.9 Å². The first-order valence-corrected chi connectivity index (χ1v) is 8.26. The molecule has 4 nitrogen and oxygen atoms in total. The highest BCUT2D eigenvalue weighted by atomic mass is 19.4. The van der Waals surface area contributed by atoms with Gasteiger partial charge in [0.05, 0.1) is 17.2 Å². The number of anilines is 1. The third-order valence-electron chi connectivity index (χ3n) is 4.46. The number of hydrogen-bond acceptors (Lipinski definition) is 3. The molecule has 2 aromatic carbocycles. The van der Waals surface area contributed by atoms with Gasteiger partial charge >= 0.3 is 12.1 Å². The summed E-state index contributed by atoms with van der Waals surface area (Å²) in [6.07, 6.45) is -3.29. The van der Waals surface area contributed by atoms with Gasteiger partial charge in [0.15, 0.2) is 5.75 Å². The minimum absolute atomic E-state index is 0.311. The Morgan fingerprint density at radius 3 is 2.23 bits per heavy atom. The normalized spacial score (nSPS) is 15.7. The molecule has 0 radical (unpaired) electrons. The number of para-hydroxylation sites is 2. The van der Waals surface area contributed by atoms with Gasteiger partial charge < -0.3 is 14.7 Å². The molecular weight excluding hydrogens is 347 g/mol. The lowest BCUT2D eigenvalue weighted by Gasteiger charge is -2.32. The van der Waals surface area contributed by atoms with Crippen molar-refractivity contribution in [2.45, 2.75) is 19.0 Å². The van der Waals surface area contributed by atoms with Crippen molar-refractivity contribution >= 4 is 11.7 Å². The van der Waals surface area contributed by atoms with Crippen LogP contribution in [0.25, 0.3) is 0 Å². The maximum atomic E-state index is 12.7. The Morgan fingerprint density at radius 2 is 1.65 bits per heavy atom. The Balaban J connectivity index is 1.75. The van der Waals surface area contributed by atoms with Crippen LogP contribution in [0, 0.1) is 5.92 Å². The second-order valence-electron chi connectivity index (χ2n) is 6.19. The van der Waals surface area contributed by atoms with E-state index >= 15 is 0 Å². The van der Waals surface area contributed by atoms with Crippen molar-refractivity contribution in [1.29, 1.82) is 0 Å². The van der Waals surface area contributed by atoms with Gasteiger partial charge in [-0.25, -0.2) is 0 Å². The van der Waals surface area contributed by atoms with Crippen LogP contribution in [0.15, 0.2) is 48.5 Å². The number of benzene rings is 2. The van der Waals surface area contributed by atoms with Gasteiger partial charge in [-0.3, -0.25) is 4.79 Å². The van der Waals surface area contributed by atoms with Crippen molar-refractivity contribution in [3.8, 4) is 11.5 Å². The highest BCUT2D eigenvalue weighted by Crippen LogP contribution is 2.36. The van der Waals surface area contributed by atoms with Crippen LogP contribution in [0.3, 0.4) is 0 Å². The average Bonchev–Trinajstić information content (AvgIpc) is 2.62. The lowest BCUT2D eigenvalue weighted by molar-refractivity contribution is -0.142. The third-order valence-corrected chi connectivity index (χ3v) is 4.46. The molecule has 2 aromatic rings. The van der Waals surface area contributed by atoms with Crippen molar-refractivity contribution in [3.63, 3.8) is 0 Å². The Morgan fingerprint density at radius 1 is 1.04 bits per heavy atom. The predicted octanol–water partition coefficient (Wildman–Crippen LogP) is 4.80. The predicted molar refractivity (Wildman–Crippen MR) is 90.5 cm³/mol. The second-order valence-corrected chi connectivity index (χ2v) is 6.19. The number of piperidine rings is 1. The topological polar surface area (TPSA) is 49.8 Å². The van der Waals surface area contributed by atoms with Crippen LogP contribution in [-0.2, 0) is 11.0 Å². The standard InChI is InChI=1S/C19H18F3NO3/c20-19(21,22)14-5-7-15(8-6-14)26-17-4-2-1-3-16(17)23-11-9-13(10-12-23)18(24)25/h1-8,13H,9-12H2,(H,24,25). The Hall–Kier alpha value is -2.70. The van der Waals surface area contributed by atoms with E-state index in [4.69, 9.17) is 9.84 Å². The molecular formula is C19H18F3NO3. The minimum Gasteiger partial charge on any atom is -0.481 e. The smallest absolute Gasteiger partial charge is 0.416 e. The van der Waals surface area contributed by atoms with E-state index in [0.29, 0.717) is 37.4 Å². The first-order valence-electron chi connectivity index (χ1n) is 8.26. The summed E-state index contributed by atoms with van der Waals surface area (Å²) in [5.41, 5.74) is 0.0742. The van der Waals surface area contributed by atoms with E-state index in [9.17, 15) is 18.0 Å². The number of aliphatic carboxylic acids is 1. The van der Waals surface area contributed by atoms with E-state index in [-0.39, 0.29) is 5.92 Å². The van der Waals surface area contributed by atoms with Crippen molar-refractivity contribution in [3.05, 3.63) is 54.1 Å². The SMILES string of the molecule is O=C(O)C1CCN(c2ccccc2Oc2ccc(C(F)(F)F)cc2)CC1. The minimum atomic E-state index is -4.38. The number of ether oxygens (including phenoxy) is 1. The van der Waals surface area contributed by atoms with Gasteiger partial charge in [-0.1, -0.05) is 12.1 Å². The fourth-order valence-corrected chi connectivity index (χ4v) is 3.01. The molecule has 7 heteroatoms. The van der Waals surface area contributed by atoms with Gasteiger partial charge in [0.1, 0.15) is 5.75 Å². The third kappa shape index (κ3) is 4.09. The molecule has 0 amide bonds. The van der Waals surface area contributed by atoms with Gasteiger partial charge in [-0.2, -0.15) is 13.2 Å². The van der Waals surface area contributed by atoms with Crippen LogP contribution in [0.5, 0.6) is 11.5 Å². The Bertz CT molecular complexity index is 766. The Kier molecular flexibility index (Phi) is 5.06. The van der Waals surface area contributed by atoms with Gasteiger partial charge in [0.25, 0.3) is 0 Å². The molecule has 26 heavy (non-hydrogen) atoms. The molecule has 1 aliphatic rings. The largest absolute Gasteiger partial charge is 0.481 e. The summed E-state index contributed by atoms with van der Waals surface area (Å²) >= 11 is 0. The number of halogens is 3. The number of hydrogen-bond donors (Lipinski definition) is 1. The van der Waals surface area contributed by atoms with Crippen molar-refractivity contribution in [2.24, 2.45) is 5.92 Å². The summed E-state index contributed by atoms with van der Waals surface area (Å²) in [6, 6.07) is 11.8. The molecule has 1 heterocycles. The van der Waals surface area contributed by atoms with Crippen LogP contribution in [0.2, 0.25) is 0 Å². The molecule has 0 saturated carbocycles. The molecule has 1 saturated heterocycles. The first-order chi connectivity index (χ1) is 12.3. The maximum absolute atomic E-state index is 12.7. The van der Waals surface area contributed by atoms with E-state index in [1.165, 1.54) is 12.1 Å². The first kappa shape index (κ1) is 18.1. The van der Waals surface area contributed by atoms with Gasteiger partial charge in [-0.05, 0) is 49.2 Å². The quantitative estimate of drug-likeness (QED) is 0.846. The average molecular weight is 365 g/mol. The lowest BCUT2D eigenvalue weighted by Crippen LogP contribution is -2.36. The van der Waals surface area contributed by atoms with E-state index in [0.717, 1.165) is 17.8 Å². The summed E-state index contributed by atoms with van der Waals surface area (Å²) in [7, 11) is 0. The Labute approximate surface area is 148 Å². The second kappa shape index (κ2) is 7.27. The van der Waals surface area contributed by atoms with Crippen LogP contribution < -0.4 is 9.64 Å². The number of alkyl halides is 3. The molecule has 138 valence electrons. The van der Waals surface area contributed by atoms with Crippen molar-refractivity contribution < 1.29 is 27.8 Å². The molecule has 1 aliphatic heterocycles. The molecule has 1 fully saturated rings. The molecule has 1 N–H and O–H groups in total. The molecule has 0 bridgehead atoms. The van der Waals surface area contributed by atoms with Gasteiger partial charge in [0.2, 0.25) is 0 Å². The summed E-state index contributed by atoms with van der Waals surface area (Å²) in [5, 5.41) is 9.10. The number of carboxylic acid groups (broad SMARTS) is 1. The molecule has 0 atom stereocenters. The van der Waals surface area contributed by atoms with E-state index in [2.05, 4.69) is 0 Å². The van der Waals surface area contributed by atoms with Crippen molar-refractivity contribution in [2.75, 3.05) is 18.0 Å². The molecule has 0 spiro atoms. The lowest BCUT2D eigenvalue weighted by atomic mass is 9.96. The summed E-state index contributed by atoms with van der Waals surface area (Å²) in [6.45, 7) is 1.18. The van der Waals surface area contributed by atoms with Gasteiger partial charge in [0, 0.05) is 13.1 Å². The molecule has 0 aliphatic carbocycles. The molecule has 0 unspecified atom stereocenters. The van der Waals surface area contributed by atoms with Crippen LogP contribution in [-0.4, -0.2) is 24.2 Å².